The van der Waals surface area contributed by atoms with Crippen molar-refractivity contribution in [2.45, 2.75) is 76.4 Å². The molecule has 216 valence electrons. The third-order valence-corrected chi connectivity index (χ3v) is 9.18. The maximum absolute atomic E-state index is 13.5. The van der Waals surface area contributed by atoms with Gasteiger partial charge in [-0.3, -0.25) is 29.5 Å². The van der Waals surface area contributed by atoms with Gasteiger partial charge in [0.2, 0.25) is 17.7 Å². The fourth-order valence-electron chi connectivity index (χ4n) is 6.79. The number of ether oxygens (including phenoxy) is 1. The molecule has 1 atom stereocenters. The topological polar surface area (TPSA) is 102 Å². The van der Waals surface area contributed by atoms with E-state index in [0.29, 0.717) is 12.3 Å². The summed E-state index contributed by atoms with van der Waals surface area (Å²) in [6.45, 7) is 12.1. The van der Waals surface area contributed by atoms with Crippen LogP contribution in [0.3, 0.4) is 0 Å². The Morgan fingerprint density at radius 1 is 1.00 bits per heavy atom. The number of hydrogen-bond donors (Lipinski definition) is 1. The zero-order valence-electron chi connectivity index (χ0n) is 23.9. The molecule has 5 aliphatic rings. The van der Waals surface area contributed by atoms with Crippen LogP contribution >= 0.6 is 0 Å². The van der Waals surface area contributed by atoms with Crippen LogP contribution in [0.25, 0.3) is 0 Å². The van der Waals surface area contributed by atoms with Crippen LogP contribution in [-0.4, -0.2) is 91.1 Å². The molecule has 3 saturated heterocycles. The Morgan fingerprint density at radius 3 is 2.33 bits per heavy atom. The van der Waals surface area contributed by atoms with Gasteiger partial charge >= 0.3 is 6.09 Å². The molecular weight excluding hydrogens is 510 g/mol. The van der Waals surface area contributed by atoms with Crippen LogP contribution in [0.4, 0.5) is 16.2 Å². The summed E-state index contributed by atoms with van der Waals surface area (Å²) in [5.41, 5.74) is 2.04. The monoisotopic (exact) mass is 551 g/mol. The average Bonchev–Trinajstić information content (AvgIpc) is 3.68. The van der Waals surface area contributed by atoms with Crippen LogP contribution in [0, 0.1) is 5.92 Å². The fourth-order valence-corrected chi connectivity index (χ4v) is 6.79. The van der Waals surface area contributed by atoms with E-state index in [0.717, 1.165) is 88.4 Å². The summed E-state index contributed by atoms with van der Waals surface area (Å²) in [7, 11) is 0. The molecule has 10 nitrogen and oxygen atoms in total. The van der Waals surface area contributed by atoms with E-state index >= 15 is 0 Å². The molecule has 0 radical (unpaired) electrons. The summed E-state index contributed by atoms with van der Waals surface area (Å²) >= 11 is 0. The maximum Gasteiger partial charge on any atom is 0.410 e. The predicted octanol–water partition coefficient (Wildman–Crippen LogP) is 2.64. The zero-order valence-corrected chi connectivity index (χ0v) is 23.9. The molecule has 1 aromatic carbocycles. The van der Waals surface area contributed by atoms with Crippen molar-refractivity contribution in [1.82, 2.24) is 15.1 Å². The van der Waals surface area contributed by atoms with Gasteiger partial charge in [0.15, 0.2) is 0 Å². The third-order valence-electron chi connectivity index (χ3n) is 9.18. The minimum atomic E-state index is -0.616. The molecule has 10 heteroatoms. The Kier molecular flexibility index (Phi) is 6.79. The van der Waals surface area contributed by atoms with Crippen molar-refractivity contribution in [2.24, 2.45) is 5.92 Å². The first-order valence-electron chi connectivity index (χ1n) is 14.8. The number of nitrogens with one attached hydrogen (secondary N) is 1. The number of hydrogen-bond acceptors (Lipinski definition) is 7. The number of benzene rings is 1. The summed E-state index contributed by atoms with van der Waals surface area (Å²) in [6.07, 6.45) is 4.06. The van der Waals surface area contributed by atoms with E-state index in [1.54, 1.807) is 4.90 Å². The van der Waals surface area contributed by atoms with E-state index in [9.17, 15) is 19.2 Å². The van der Waals surface area contributed by atoms with Crippen molar-refractivity contribution in [3.63, 3.8) is 0 Å². The Morgan fingerprint density at radius 2 is 1.70 bits per heavy atom. The second-order valence-corrected chi connectivity index (χ2v) is 13.1. The van der Waals surface area contributed by atoms with Gasteiger partial charge in [-0.2, -0.15) is 0 Å². The standard InChI is InChI=1S/C30H41N5O5/c1-29(2,3)40-28(39)34-12-8-20(9-13-34)19-32-14-16-33(17-15-32)21-4-5-23-22(18-21)30(10-11-30)27(38)35(23)24-6-7-25(36)31-26(24)37/h4-5,18,20,24H,6-17,19H2,1-3H3,(H,31,36,37). The highest BCUT2D eigenvalue weighted by molar-refractivity contribution is 6.15. The van der Waals surface area contributed by atoms with Gasteiger partial charge in [0, 0.05) is 63.6 Å². The van der Waals surface area contributed by atoms with E-state index in [1.165, 1.54) is 0 Å². The lowest BCUT2D eigenvalue weighted by Gasteiger charge is -2.40. The van der Waals surface area contributed by atoms with Gasteiger partial charge in [0.25, 0.3) is 0 Å². The van der Waals surface area contributed by atoms with Crippen molar-refractivity contribution < 1.29 is 23.9 Å². The first kappa shape index (κ1) is 27.1. The molecule has 1 unspecified atom stereocenters. The smallest absolute Gasteiger partial charge is 0.410 e. The van der Waals surface area contributed by atoms with Crippen molar-refractivity contribution >= 4 is 35.2 Å². The average molecular weight is 552 g/mol. The summed E-state index contributed by atoms with van der Waals surface area (Å²) in [4.78, 5) is 58.6. The number of likely N-dealkylation sites (tertiary alicyclic amines) is 1. The Labute approximate surface area is 236 Å². The number of fused-ring (bicyclic) bond motifs is 2. The number of rotatable bonds is 4. The number of carbonyl (C=O) groups excluding carboxylic acids is 4. The van der Waals surface area contributed by atoms with Crippen LogP contribution in [0.5, 0.6) is 0 Å². The number of carbonyl (C=O) groups is 4. The van der Waals surface area contributed by atoms with Gasteiger partial charge in [-0.05, 0) is 82.6 Å². The molecule has 40 heavy (non-hydrogen) atoms. The lowest BCUT2D eigenvalue weighted by atomic mass is 9.96. The second-order valence-electron chi connectivity index (χ2n) is 13.1. The Hall–Kier alpha value is -3.14. The van der Waals surface area contributed by atoms with Crippen LogP contribution in [0.2, 0.25) is 0 Å². The highest BCUT2D eigenvalue weighted by Crippen LogP contribution is 2.58. The zero-order chi connectivity index (χ0) is 28.2. The fraction of sp³-hybridized carbons (Fsp3) is 0.667. The van der Waals surface area contributed by atoms with Gasteiger partial charge < -0.3 is 14.5 Å². The Balaban J connectivity index is 1.05. The van der Waals surface area contributed by atoms with E-state index < -0.39 is 17.1 Å². The third kappa shape index (κ3) is 5.06. The quantitative estimate of drug-likeness (QED) is 0.574. The number of piperidine rings is 2. The van der Waals surface area contributed by atoms with Gasteiger partial charge in [-0.1, -0.05) is 0 Å². The summed E-state index contributed by atoms with van der Waals surface area (Å²) < 4.78 is 5.53. The maximum atomic E-state index is 13.5. The number of imide groups is 1. The lowest BCUT2D eigenvalue weighted by Crippen LogP contribution is -2.54. The normalized spacial score (nSPS) is 25.3. The molecule has 0 bridgehead atoms. The molecule has 6 rings (SSSR count). The van der Waals surface area contributed by atoms with Crippen LogP contribution < -0.4 is 15.1 Å². The first-order valence-corrected chi connectivity index (χ1v) is 14.8. The molecule has 4 fully saturated rings. The molecule has 0 aromatic heterocycles. The molecule has 1 spiro atoms. The van der Waals surface area contributed by atoms with E-state index in [4.69, 9.17) is 4.74 Å². The summed E-state index contributed by atoms with van der Waals surface area (Å²) in [5.74, 6) is -0.0418. The van der Waals surface area contributed by atoms with Crippen LogP contribution in [0.1, 0.15) is 64.9 Å². The number of nitrogens with zero attached hydrogens (tertiary/aromatic N) is 4. The van der Waals surface area contributed by atoms with Crippen molar-refractivity contribution in [1.29, 1.82) is 0 Å². The van der Waals surface area contributed by atoms with Crippen LogP contribution in [0.15, 0.2) is 18.2 Å². The minimum absolute atomic E-state index is 0.0108. The van der Waals surface area contributed by atoms with Gasteiger partial charge in [0.05, 0.1) is 5.41 Å². The van der Waals surface area contributed by atoms with Gasteiger partial charge in [-0.25, -0.2) is 4.79 Å². The summed E-state index contributed by atoms with van der Waals surface area (Å²) in [6, 6.07) is 5.64. The number of piperazine rings is 1. The van der Waals surface area contributed by atoms with E-state index in [2.05, 4.69) is 27.2 Å². The van der Waals surface area contributed by atoms with Gasteiger partial charge in [-0.15, -0.1) is 0 Å². The molecule has 4 heterocycles. The lowest BCUT2D eigenvalue weighted by molar-refractivity contribution is -0.135. The van der Waals surface area contributed by atoms with Crippen molar-refractivity contribution in [3.8, 4) is 0 Å². The molecule has 1 aliphatic carbocycles. The molecule has 4 amide bonds. The first-order chi connectivity index (χ1) is 19.0. The second kappa shape index (κ2) is 10.0. The molecular formula is C30H41N5O5. The van der Waals surface area contributed by atoms with Crippen molar-refractivity contribution in [3.05, 3.63) is 23.8 Å². The molecule has 1 aromatic rings. The number of amides is 4. The van der Waals surface area contributed by atoms with E-state index in [1.807, 2.05) is 31.7 Å². The minimum Gasteiger partial charge on any atom is -0.444 e. The highest BCUT2D eigenvalue weighted by atomic mass is 16.6. The largest absolute Gasteiger partial charge is 0.444 e. The van der Waals surface area contributed by atoms with E-state index in [-0.39, 0.29) is 30.2 Å². The molecule has 4 aliphatic heterocycles. The van der Waals surface area contributed by atoms with Crippen molar-refractivity contribution in [2.75, 3.05) is 55.6 Å². The highest BCUT2D eigenvalue weighted by Gasteiger charge is 2.61. The summed E-state index contributed by atoms with van der Waals surface area (Å²) in [5, 5.41) is 2.41. The number of anilines is 2. The SMILES string of the molecule is CC(C)(C)OC(=O)N1CCC(CN2CCN(c3ccc4c(c3)C3(CC3)C(=O)N4C3CCC(=O)NC3=O)CC2)CC1. The molecule has 1 saturated carbocycles. The van der Waals surface area contributed by atoms with Crippen LogP contribution in [-0.2, 0) is 24.5 Å². The Bertz CT molecular complexity index is 1210. The predicted molar refractivity (Wildman–Crippen MR) is 150 cm³/mol. The molecule has 1 N–H and O–H groups in total. The van der Waals surface area contributed by atoms with Gasteiger partial charge in [0.1, 0.15) is 11.6 Å².